The third-order valence-electron chi connectivity index (χ3n) is 3.53. The van der Waals surface area contributed by atoms with Crippen LogP contribution >= 0.6 is 0 Å². The zero-order chi connectivity index (χ0) is 14.4. The zero-order valence-electron chi connectivity index (χ0n) is 13.1. The number of hydrogen-bond acceptors (Lipinski definition) is 4. The number of hydrogen-bond donors (Lipinski definition) is 4. The molecule has 0 atom stereocenters. The average molecular weight is 289 g/mol. The molecule has 0 fully saturated rings. The summed E-state index contributed by atoms with van der Waals surface area (Å²) < 4.78 is 0. The van der Waals surface area contributed by atoms with Gasteiger partial charge in [-0.05, 0) is 65.0 Å². The molecule has 0 amide bonds. The number of nitrogens with one attached hydrogen (secondary N) is 2. The van der Waals surface area contributed by atoms with Crippen LogP contribution in [0.2, 0.25) is 25.2 Å². The van der Waals surface area contributed by atoms with Crippen molar-refractivity contribution in [3.05, 3.63) is 0 Å². The molecular formula is C14H36N4Si. The summed E-state index contributed by atoms with van der Waals surface area (Å²) in [5, 5.41) is 6.93. The summed E-state index contributed by atoms with van der Waals surface area (Å²) in [5.74, 6) is 0. The maximum absolute atomic E-state index is 5.46. The molecule has 0 heterocycles. The molecule has 116 valence electrons. The lowest BCUT2D eigenvalue weighted by atomic mass is 10.4. The van der Waals surface area contributed by atoms with Gasteiger partial charge < -0.3 is 22.1 Å². The van der Waals surface area contributed by atoms with Crippen molar-refractivity contribution in [1.29, 1.82) is 0 Å². The summed E-state index contributed by atoms with van der Waals surface area (Å²) in [7, 11) is -0.970. The van der Waals surface area contributed by atoms with Gasteiger partial charge >= 0.3 is 0 Å². The van der Waals surface area contributed by atoms with Crippen molar-refractivity contribution in [2.24, 2.45) is 11.5 Å². The van der Waals surface area contributed by atoms with Crippen LogP contribution in [0.1, 0.15) is 25.7 Å². The maximum atomic E-state index is 5.46. The molecule has 0 saturated carbocycles. The van der Waals surface area contributed by atoms with Gasteiger partial charge in [0.25, 0.3) is 0 Å². The Morgan fingerprint density at radius 1 is 0.684 bits per heavy atom. The molecule has 0 spiro atoms. The fraction of sp³-hybridized carbons (Fsp3) is 1.00. The van der Waals surface area contributed by atoms with Crippen LogP contribution in [0, 0.1) is 0 Å². The average Bonchev–Trinajstić information content (AvgIpc) is 2.38. The lowest BCUT2D eigenvalue weighted by molar-refractivity contribution is 0.635. The van der Waals surface area contributed by atoms with Gasteiger partial charge in [-0.3, -0.25) is 0 Å². The van der Waals surface area contributed by atoms with Gasteiger partial charge in [0.1, 0.15) is 0 Å². The van der Waals surface area contributed by atoms with E-state index >= 15 is 0 Å². The van der Waals surface area contributed by atoms with E-state index in [4.69, 9.17) is 11.5 Å². The first kappa shape index (κ1) is 19.1. The van der Waals surface area contributed by atoms with Crippen molar-refractivity contribution in [1.82, 2.24) is 10.6 Å². The van der Waals surface area contributed by atoms with Crippen LogP contribution in [0.4, 0.5) is 0 Å². The van der Waals surface area contributed by atoms with Gasteiger partial charge in [0.2, 0.25) is 0 Å². The third kappa shape index (κ3) is 14.3. The van der Waals surface area contributed by atoms with Gasteiger partial charge in [0, 0.05) is 8.07 Å². The predicted octanol–water partition coefficient (Wildman–Crippen LogP) is 1.35. The number of nitrogens with two attached hydrogens (primary N) is 2. The topological polar surface area (TPSA) is 76.1 Å². The van der Waals surface area contributed by atoms with Crippen LogP contribution in [-0.2, 0) is 0 Å². The van der Waals surface area contributed by atoms with E-state index in [1.807, 2.05) is 0 Å². The maximum Gasteiger partial charge on any atom is 0.0474 e. The van der Waals surface area contributed by atoms with Crippen LogP contribution < -0.4 is 22.1 Å². The van der Waals surface area contributed by atoms with Gasteiger partial charge in [-0.2, -0.15) is 0 Å². The smallest absolute Gasteiger partial charge is 0.0474 e. The zero-order valence-corrected chi connectivity index (χ0v) is 14.1. The Morgan fingerprint density at radius 3 is 1.42 bits per heavy atom. The highest BCUT2D eigenvalue weighted by Crippen LogP contribution is 2.18. The molecule has 0 aromatic carbocycles. The Morgan fingerprint density at radius 2 is 1.05 bits per heavy atom. The van der Waals surface area contributed by atoms with Gasteiger partial charge in [-0.25, -0.2) is 0 Å². The first-order valence-corrected chi connectivity index (χ1v) is 11.4. The first-order chi connectivity index (χ1) is 9.12. The molecular weight excluding hydrogens is 252 g/mol. The van der Waals surface area contributed by atoms with Gasteiger partial charge in [0.05, 0.1) is 0 Å². The van der Waals surface area contributed by atoms with E-state index in [0.29, 0.717) is 0 Å². The predicted molar refractivity (Wildman–Crippen MR) is 89.4 cm³/mol. The van der Waals surface area contributed by atoms with Gasteiger partial charge in [-0.1, -0.05) is 25.2 Å². The highest BCUT2D eigenvalue weighted by atomic mass is 28.3. The van der Waals surface area contributed by atoms with E-state index in [9.17, 15) is 0 Å². The largest absolute Gasteiger partial charge is 0.330 e. The minimum atomic E-state index is -0.970. The van der Waals surface area contributed by atoms with E-state index in [1.54, 1.807) is 0 Å². The monoisotopic (exact) mass is 288 g/mol. The fourth-order valence-electron chi connectivity index (χ4n) is 2.21. The van der Waals surface area contributed by atoms with E-state index < -0.39 is 8.07 Å². The Bertz CT molecular complexity index is 170. The standard InChI is InChI=1S/C14H36N4Si/c1-19(2,13-5-11-17-9-3-7-15)14-6-12-18-10-4-8-16/h17-18H,3-16H2,1-2H3. The van der Waals surface area contributed by atoms with Crippen LogP contribution in [0.25, 0.3) is 0 Å². The minimum Gasteiger partial charge on any atom is -0.330 e. The van der Waals surface area contributed by atoms with E-state index in [2.05, 4.69) is 23.7 Å². The summed E-state index contributed by atoms with van der Waals surface area (Å²) in [6, 6.07) is 2.87. The molecule has 0 aromatic rings. The van der Waals surface area contributed by atoms with Crippen molar-refractivity contribution in [3.8, 4) is 0 Å². The number of rotatable bonds is 14. The molecule has 19 heavy (non-hydrogen) atoms. The summed E-state index contributed by atoms with van der Waals surface area (Å²) in [4.78, 5) is 0. The molecule has 0 unspecified atom stereocenters. The normalized spacial score (nSPS) is 12.0. The van der Waals surface area contributed by atoms with Gasteiger partial charge in [0.15, 0.2) is 0 Å². The highest BCUT2D eigenvalue weighted by Gasteiger charge is 2.18. The molecule has 0 radical (unpaired) electrons. The van der Waals surface area contributed by atoms with E-state index in [1.165, 1.54) is 24.9 Å². The van der Waals surface area contributed by atoms with Crippen LogP contribution in [-0.4, -0.2) is 47.3 Å². The SMILES string of the molecule is C[Si](C)(CCCNCCCN)CCCNCCCN. The van der Waals surface area contributed by atoms with Crippen LogP contribution in [0.15, 0.2) is 0 Å². The molecule has 0 aliphatic heterocycles. The van der Waals surface area contributed by atoms with Crippen LogP contribution in [0.5, 0.6) is 0 Å². The summed E-state index contributed by atoms with van der Waals surface area (Å²) in [6.07, 6.45) is 4.83. The molecule has 0 rings (SSSR count). The Hall–Kier alpha value is 0.0569. The van der Waals surface area contributed by atoms with Crippen LogP contribution in [0.3, 0.4) is 0 Å². The summed E-state index contributed by atoms with van der Waals surface area (Å²) in [6.45, 7) is 11.1. The van der Waals surface area contributed by atoms with Crippen molar-refractivity contribution in [2.45, 2.75) is 50.9 Å². The molecule has 6 N–H and O–H groups in total. The second-order valence-corrected chi connectivity index (χ2v) is 11.5. The van der Waals surface area contributed by atoms with Crippen molar-refractivity contribution >= 4 is 8.07 Å². The van der Waals surface area contributed by atoms with Crippen molar-refractivity contribution in [2.75, 3.05) is 39.3 Å². The Kier molecular flexibility index (Phi) is 13.1. The second-order valence-electron chi connectivity index (χ2n) is 6.16. The molecule has 5 heteroatoms. The van der Waals surface area contributed by atoms with Crippen molar-refractivity contribution in [3.63, 3.8) is 0 Å². The lowest BCUT2D eigenvalue weighted by Crippen LogP contribution is -2.29. The quantitative estimate of drug-likeness (QED) is 0.287. The van der Waals surface area contributed by atoms with E-state index in [-0.39, 0.29) is 0 Å². The molecule has 0 saturated heterocycles. The Labute approximate surface area is 121 Å². The lowest BCUT2D eigenvalue weighted by Gasteiger charge is -2.22. The minimum absolute atomic E-state index is 0.796. The fourth-order valence-corrected chi connectivity index (χ4v) is 4.73. The molecule has 0 aromatic heterocycles. The summed E-state index contributed by atoms with van der Waals surface area (Å²) in [5.41, 5.74) is 10.9. The first-order valence-electron chi connectivity index (χ1n) is 7.94. The Balaban J connectivity index is 3.36. The summed E-state index contributed by atoms with van der Waals surface area (Å²) >= 11 is 0. The molecule has 0 aliphatic carbocycles. The molecule has 0 bridgehead atoms. The van der Waals surface area contributed by atoms with Crippen molar-refractivity contribution < 1.29 is 0 Å². The molecule has 4 nitrogen and oxygen atoms in total. The van der Waals surface area contributed by atoms with E-state index in [0.717, 1.165) is 52.1 Å². The second kappa shape index (κ2) is 13.1. The molecule has 0 aliphatic rings. The highest BCUT2D eigenvalue weighted by molar-refractivity contribution is 6.77. The van der Waals surface area contributed by atoms with Gasteiger partial charge in [-0.15, -0.1) is 0 Å². The third-order valence-corrected chi connectivity index (χ3v) is 6.94.